The van der Waals surface area contributed by atoms with Gasteiger partial charge < -0.3 is 5.73 Å². The van der Waals surface area contributed by atoms with Crippen LogP contribution in [0.3, 0.4) is 0 Å². The fourth-order valence-corrected chi connectivity index (χ4v) is 4.35. The largest absolute Gasteiger partial charge is 0.324 e. The molecule has 2 N–H and O–H groups in total. The molecular formula is C17H19N3O. The first-order valence-electron chi connectivity index (χ1n) is 7.72. The molecule has 0 aromatic heterocycles. The second-order valence-corrected chi connectivity index (χ2v) is 6.40. The van der Waals surface area contributed by atoms with Crippen LogP contribution < -0.4 is 5.73 Å². The number of fused-ring (bicyclic) bond motifs is 4. The first-order valence-corrected chi connectivity index (χ1v) is 7.72. The Morgan fingerprint density at radius 3 is 2.71 bits per heavy atom. The van der Waals surface area contributed by atoms with Crippen LogP contribution in [0.25, 0.3) is 0 Å². The number of amidine groups is 1. The number of hydrogen-bond acceptors (Lipinski definition) is 3. The summed E-state index contributed by atoms with van der Waals surface area (Å²) in [5, 5.41) is 0. The number of nitrogens with zero attached hydrogens (tertiary/aromatic N) is 2. The molecule has 0 bridgehead atoms. The molecule has 0 radical (unpaired) electrons. The first kappa shape index (κ1) is 12.9. The van der Waals surface area contributed by atoms with Crippen molar-refractivity contribution < 1.29 is 4.79 Å². The van der Waals surface area contributed by atoms with Gasteiger partial charge in [0, 0.05) is 5.56 Å². The maximum Gasteiger partial charge on any atom is 0.257 e. The zero-order chi connectivity index (χ0) is 14.4. The van der Waals surface area contributed by atoms with Gasteiger partial charge in [-0.15, -0.1) is 0 Å². The van der Waals surface area contributed by atoms with Crippen LogP contribution in [0.2, 0.25) is 0 Å². The summed E-state index contributed by atoms with van der Waals surface area (Å²) in [6.45, 7) is 0.219. The third-order valence-corrected chi connectivity index (χ3v) is 5.24. The van der Waals surface area contributed by atoms with E-state index in [0.29, 0.717) is 5.84 Å². The molecular weight excluding hydrogens is 262 g/mol. The van der Waals surface area contributed by atoms with Crippen LogP contribution in [0.5, 0.6) is 0 Å². The van der Waals surface area contributed by atoms with E-state index in [0.717, 1.165) is 30.5 Å². The molecule has 1 unspecified atom stereocenters. The molecule has 21 heavy (non-hydrogen) atoms. The molecule has 1 aromatic carbocycles. The minimum atomic E-state index is -0.162. The van der Waals surface area contributed by atoms with Crippen LogP contribution in [0.1, 0.15) is 36.8 Å². The normalized spacial score (nSPS) is 26.1. The third kappa shape index (κ3) is 1.82. The van der Waals surface area contributed by atoms with E-state index in [9.17, 15) is 4.79 Å². The number of carbonyl (C=O) groups excluding carboxylic acids is 1. The lowest BCUT2D eigenvalue weighted by atomic mass is 9.62. The summed E-state index contributed by atoms with van der Waals surface area (Å²) < 4.78 is 0. The molecule has 1 spiro atoms. The van der Waals surface area contributed by atoms with Crippen LogP contribution in [-0.2, 0) is 11.2 Å². The SMILES string of the molecule is NCC1=NC(=O)C2C(=N1)c1ccccc1CC21CCCC1. The van der Waals surface area contributed by atoms with Crippen LogP contribution >= 0.6 is 0 Å². The van der Waals surface area contributed by atoms with Gasteiger partial charge in [-0.25, -0.2) is 4.99 Å². The monoisotopic (exact) mass is 281 g/mol. The van der Waals surface area contributed by atoms with Crippen molar-refractivity contribution in [2.75, 3.05) is 6.54 Å². The number of amides is 1. The lowest BCUT2D eigenvalue weighted by molar-refractivity contribution is -0.123. The molecule has 1 fully saturated rings. The summed E-state index contributed by atoms with van der Waals surface area (Å²) in [5.41, 5.74) is 9.05. The van der Waals surface area contributed by atoms with Gasteiger partial charge in [0.2, 0.25) is 0 Å². The number of carbonyl (C=O) groups is 1. The summed E-state index contributed by atoms with van der Waals surface area (Å²) in [6, 6.07) is 8.34. The highest BCUT2D eigenvalue weighted by atomic mass is 16.1. The molecule has 4 nitrogen and oxygen atoms in total. The first-order chi connectivity index (χ1) is 10.2. The highest BCUT2D eigenvalue weighted by Crippen LogP contribution is 2.52. The van der Waals surface area contributed by atoms with Gasteiger partial charge in [-0.05, 0) is 30.2 Å². The number of aliphatic imine (C=N–C) groups is 2. The number of benzene rings is 1. The molecule has 1 aliphatic heterocycles. The molecule has 4 heteroatoms. The van der Waals surface area contributed by atoms with Crippen molar-refractivity contribution in [3.8, 4) is 0 Å². The van der Waals surface area contributed by atoms with Crippen LogP contribution in [-0.4, -0.2) is 24.0 Å². The molecule has 0 saturated heterocycles. The summed E-state index contributed by atoms with van der Waals surface area (Å²) in [6.07, 6.45) is 5.58. The summed E-state index contributed by atoms with van der Waals surface area (Å²) >= 11 is 0. The molecule has 1 amide bonds. The van der Waals surface area contributed by atoms with Gasteiger partial charge in [-0.1, -0.05) is 37.1 Å². The van der Waals surface area contributed by atoms with Crippen molar-refractivity contribution in [2.24, 2.45) is 27.1 Å². The molecule has 4 rings (SSSR count). The van der Waals surface area contributed by atoms with Crippen LogP contribution in [0.4, 0.5) is 0 Å². The summed E-state index contributed by atoms with van der Waals surface area (Å²) in [7, 11) is 0. The molecule has 3 aliphatic rings. The van der Waals surface area contributed by atoms with Crippen molar-refractivity contribution in [3.05, 3.63) is 35.4 Å². The molecule has 1 atom stereocenters. The second kappa shape index (κ2) is 4.60. The van der Waals surface area contributed by atoms with Crippen LogP contribution in [0, 0.1) is 11.3 Å². The van der Waals surface area contributed by atoms with Gasteiger partial charge in [0.25, 0.3) is 5.91 Å². The fraction of sp³-hybridized carbons (Fsp3) is 0.471. The Bertz CT molecular complexity index is 668. The fourth-order valence-electron chi connectivity index (χ4n) is 4.35. The lowest BCUT2D eigenvalue weighted by Gasteiger charge is -2.42. The molecule has 1 heterocycles. The van der Waals surface area contributed by atoms with E-state index in [1.807, 2.05) is 6.07 Å². The molecule has 2 aliphatic carbocycles. The van der Waals surface area contributed by atoms with Crippen molar-refractivity contribution in [3.63, 3.8) is 0 Å². The smallest absolute Gasteiger partial charge is 0.257 e. The Kier molecular flexibility index (Phi) is 2.82. The number of nitrogens with two attached hydrogens (primary N) is 1. The zero-order valence-electron chi connectivity index (χ0n) is 12.0. The van der Waals surface area contributed by atoms with Crippen molar-refractivity contribution in [1.29, 1.82) is 0 Å². The number of rotatable bonds is 1. The van der Waals surface area contributed by atoms with E-state index < -0.39 is 0 Å². The van der Waals surface area contributed by atoms with Gasteiger partial charge in [0.05, 0.1) is 18.2 Å². The Hall–Kier alpha value is -1.81. The lowest BCUT2D eigenvalue weighted by Crippen LogP contribution is -2.47. The Balaban J connectivity index is 1.92. The van der Waals surface area contributed by atoms with Gasteiger partial charge >= 0.3 is 0 Å². The Labute approximate surface area is 124 Å². The highest BCUT2D eigenvalue weighted by molar-refractivity contribution is 6.23. The zero-order valence-corrected chi connectivity index (χ0v) is 12.0. The third-order valence-electron chi connectivity index (χ3n) is 5.24. The van der Waals surface area contributed by atoms with E-state index >= 15 is 0 Å². The second-order valence-electron chi connectivity index (χ2n) is 6.40. The van der Waals surface area contributed by atoms with E-state index in [1.54, 1.807) is 0 Å². The van der Waals surface area contributed by atoms with E-state index in [1.165, 1.54) is 18.4 Å². The topological polar surface area (TPSA) is 67.8 Å². The van der Waals surface area contributed by atoms with E-state index in [2.05, 4.69) is 28.2 Å². The van der Waals surface area contributed by atoms with E-state index in [4.69, 9.17) is 5.73 Å². The minimum absolute atomic E-state index is 0.0307. The quantitative estimate of drug-likeness (QED) is 0.856. The summed E-state index contributed by atoms with van der Waals surface area (Å²) in [4.78, 5) is 21.4. The predicted molar refractivity (Wildman–Crippen MR) is 82.6 cm³/mol. The van der Waals surface area contributed by atoms with E-state index in [-0.39, 0.29) is 23.8 Å². The van der Waals surface area contributed by atoms with Gasteiger partial charge in [0.15, 0.2) is 0 Å². The average Bonchev–Trinajstić information content (AvgIpc) is 2.95. The predicted octanol–water partition coefficient (Wildman–Crippen LogP) is 2.11. The van der Waals surface area contributed by atoms with Gasteiger partial charge in [-0.2, -0.15) is 4.99 Å². The van der Waals surface area contributed by atoms with Crippen molar-refractivity contribution in [2.45, 2.75) is 32.1 Å². The minimum Gasteiger partial charge on any atom is -0.324 e. The maximum absolute atomic E-state index is 12.6. The Morgan fingerprint density at radius 1 is 1.19 bits per heavy atom. The standard InChI is InChI=1S/C17H19N3O/c18-10-13-19-15-12-6-2-1-5-11(12)9-17(7-3-4-8-17)14(15)16(21)20-13/h1-2,5-6,14H,3-4,7-10,18H2. The van der Waals surface area contributed by atoms with Crippen LogP contribution in [0.15, 0.2) is 34.3 Å². The van der Waals surface area contributed by atoms with Crippen molar-refractivity contribution >= 4 is 17.5 Å². The highest BCUT2D eigenvalue weighted by Gasteiger charge is 2.51. The van der Waals surface area contributed by atoms with Gasteiger partial charge in [0.1, 0.15) is 5.84 Å². The molecule has 108 valence electrons. The maximum atomic E-state index is 12.6. The van der Waals surface area contributed by atoms with Crippen molar-refractivity contribution in [1.82, 2.24) is 0 Å². The summed E-state index contributed by atoms with van der Waals surface area (Å²) in [5.74, 6) is 0.276. The number of hydrogen-bond donors (Lipinski definition) is 1. The average molecular weight is 281 g/mol. The molecule has 1 saturated carbocycles. The molecule has 1 aromatic rings. The van der Waals surface area contributed by atoms with Gasteiger partial charge in [-0.3, -0.25) is 4.79 Å². The Morgan fingerprint density at radius 2 is 1.95 bits per heavy atom.